The van der Waals surface area contributed by atoms with Gasteiger partial charge in [-0.25, -0.2) is 4.39 Å². The number of hydrogen-bond acceptors (Lipinski definition) is 2. The smallest absolute Gasteiger partial charge is 0.173 e. The molecule has 1 aromatic rings. The zero-order valence-corrected chi connectivity index (χ0v) is 9.17. The average molecular weight is 207 g/mol. The van der Waals surface area contributed by atoms with Gasteiger partial charge < -0.3 is 0 Å². The van der Waals surface area contributed by atoms with Crippen molar-refractivity contribution >= 4 is 5.78 Å². The lowest BCUT2D eigenvalue weighted by molar-refractivity contribution is 0.0893. The van der Waals surface area contributed by atoms with Crippen molar-refractivity contribution in [2.45, 2.75) is 33.4 Å². The second-order valence-electron chi connectivity index (χ2n) is 4.54. The van der Waals surface area contributed by atoms with Crippen LogP contribution in [0.1, 0.15) is 35.0 Å². The van der Waals surface area contributed by atoms with E-state index in [9.17, 15) is 9.18 Å². The van der Waals surface area contributed by atoms with E-state index in [-0.39, 0.29) is 5.78 Å². The predicted octanol–water partition coefficient (Wildman–Crippen LogP) is 2.63. The molecule has 0 aliphatic heterocycles. The first-order chi connectivity index (χ1) is 6.95. The van der Waals surface area contributed by atoms with E-state index in [0.717, 1.165) is 11.3 Å². The van der Waals surface area contributed by atoms with Gasteiger partial charge in [0.1, 0.15) is 6.17 Å². The van der Waals surface area contributed by atoms with Crippen LogP contribution in [0, 0.1) is 19.3 Å². The third-order valence-corrected chi connectivity index (χ3v) is 3.26. The number of nitrogens with zero attached hydrogens (tertiary/aromatic N) is 1. The third-order valence-electron chi connectivity index (χ3n) is 3.26. The van der Waals surface area contributed by atoms with E-state index in [2.05, 4.69) is 4.98 Å². The topological polar surface area (TPSA) is 30.0 Å². The van der Waals surface area contributed by atoms with Crippen LogP contribution in [-0.4, -0.2) is 16.9 Å². The molecule has 0 radical (unpaired) electrons. The van der Waals surface area contributed by atoms with Gasteiger partial charge in [-0.2, -0.15) is 0 Å². The van der Waals surface area contributed by atoms with Crippen LogP contribution in [0.5, 0.6) is 0 Å². The van der Waals surface area contributed by atoms with Crippen molar-refractivity contribution in [3.05, 3.63) is 29.1 Å². The van der Waals surface area contributed by atoms with Gasteiger partial charge in [0, 0.05) is 17.5 Å². The lowest BCUT2D eigenvalue weighted by Crippen LogP contribution is -2.15. The van der Waals surface area contributed by atoms with E-state index in [0.29, 0.717) is 12.0 Å². The Morgan fingerprint density at radius 2 is 2.20 bits per heavy atom. The molecule has 2 unspecified atom stereocenters. The first kappa shape index (κ1) is 10.3. The second kappa shape index (κ2) is 3.12. The van der Waals surface area contributed by atoms with Gasteiger partial charge >= 0.3 is 0 Å². The fourth-order valence-corrected chi connectivity index (χ4v) is 1.65. The highest BCUT2D eigenvalue weighted by atomic mass is 19.1. The molecule has 1 heterocycles. The summed E-state index contributed by atoms with van der Waals surface area (Å²) in [6.45, 7) is 5.47. The molecule has 2 nitrogen and oxygen atoms in total. The van der Waals surface area contributed by atoms with Crippen molar-refractivity contribution in [1.29, 1.82) is 0 Å². The molecule has 80 valence electrons. The summed E-state index contributed by atoms with van der Waals surface area (Å²) in [7, 11) is 0. The van der Waals surface area contributed by atoms with Crippen LogP contribution in [0.15, 0.2) is 12.3 Å². The maximum absolute atomic E-state index is 13.0. The quantitative estimate of drug-likeness (QED) is 0.698. The number of hydrogen-bond donors (Lipinski definition) is 0. The lowest BCUT2D eigenvalue weighted by atomic mass is 9.96. The molecule has 3 heteroatoms. The van der Waals surface area contributed by atoms with Gasteiger partial charge in [0.25, 0.3) is 0 Å². The van der Waals surface area contributed by atoms with Gasteiger partial charge in [0.2, 0.25) is 0 Å². The van der Waals surface area contributed by atoms with Crippen molar-refractivity contribution in [2.24, 2.45) is 5.41 Å². The molecule has 2 rings (SSSR count). The molecule has 0 saturated heterocycles. The Morgan fingerprint density at radius 3 is 2.67 bits per heavy atom. The minimum absolute atomic E-state index is 0.120. The standard InChI is InChI=1S/C12H14FNO/c1-7-4-9(6-14-8(7)2)11(15)12(3)5-10(12)13/h4,6,10H,5H2,1-3H3. The monoisotopic (exact) mass is 207 g/mol. The molecule has 0 spiro atoms. The Balaban J connectivity index is 2.31. The van der Waals surface area contributed by atoms with Crippen LogP contribution in [0.2, 0.25) is 0 Å². The Morgan fingerprint density at radius 1 is 1.60 bits per heavy atom. The van der Waals surface area contributed by atoms with Crippen molar-refractivity contribution in [2.75, 3.05) is 0 Å². The number of rotatable bonds is 2. The molecule has 15 heavy (non-hydrogen) atoms. The maximum atomic E-state index is 13.0. The number of ketones is 1. The van der Waals surface area contributed by atoms with Gasteiger partial charge in [0.15, 0.2) is 5.78 Å². The van der Waals surface area contributed by atoms with E-state index in [1.165, 1.54) is 0 Å². The molecule has 1 saturated carbocycles. The Hall–Kier alpha value is -1.25. The van der Waals surface area contributed by atoms with E-state index in [1.54, 1.807) is 19.2 Å². The summed E-state index contributed by atoms with van der Waals surface area (Å²) in [6, 6.07) is 1.79. The second-order valence-corrected chi connectivity index (χ2v) is 4.54. The minimum atomic E-state index is -0.980. The molecule has 0 amide bonds. The summed E-state index contributed by atoms with van der Waals surface area (Å²) in [5, 5.41) is 0. The van der Waals surface area contributed by atoms with Gasteiger partial charge in [-0.1, -0.05) is 0 Å². The average Bonchev–Trinajstić information content (AvgIpc) is 2.80. The van der Waals surface area contributed by atoms with Crippen LogP contribution < -0.4 is 0 Å². The third kappa shape index (κ3) is 1.56. The largest absolute Gasteiger partial charge is 0.293 e. The summed E-state index contributed by atoms with van der Waals surface area (Å²) >= 11 is 0. The normalized spacial score (nSPS) is 28.9. The fourth-order valence-electron chi connectivity index (χ4n) is 1.65. The van der Waals surface area contributed by atoms with Crippen LogP contribution in [0.3, 0.4) is 0 Å². The molecule has 0 aromatic carbocycles. The SMILES string of the molecule is Cc1cc(C(=O)C2(C)CC2F)cnc1C. The van der Waals surface area contributed by atoms with Crippen LogP contribution in [-0.2, 0) is 0 Å². The van der Waals surface area contributed by atoms with Crippen LogP contribution in [0.25, 0.3) is 0 Å². The van der Waals surface area contributed by atoms with E-state index in [1.807, 2.05) is 13.8 Å². The Kier molecular flexibility index (Phi) is 2.14. The zero-order valence-electron chi connectivity index (χ0n) is 9.17. The van der Waals surface area contributed by atoms with Crippen LogP contribution >= 0.6 is 0 Å². The number of alkyl halides is 1. The molecule has 0 N–H and O–H groups in total. The molecular weight excluding hydrogens is 193 g/mol. The van der Waals surface area contributed by atoms with Gasteiger partial charge in [-0.05, 0) is 38.8 Å². The highest BCUT2D eigenvalue weighted by molar-refractivity contribution is 6.02. The van der Waals surface area contributed by atoms with Gasteiger partial charge in [0.05, 0.1) is 5.41 Å². The molecule has 1 aromatic heterocycles. The number of carbonyl (C=O) groups is 1. The predicted molar refractivity (Wildman–Crippen MR) is 55.7 cm³/mol. The highest BCUT2D eigenvalue weighted by Crippen LogP contribution is 2.50. The molecule has 1 aliphatic carbocycles. The molecular formula is C12H14FNO. The van der Waals surface area contributed by atoms with Crippen molar-refractivity contribution in [3.63, 3.8) is 0 Å². The number of aromatic nitrogens is 1. The number of pyridine rings is 1. The molecule has 1 fully saturated rings. The lowest BCUT2D eigenvalue weighted by Gasteiger charge is -2.08. The maximum Gasteiger partial charge on any atom is 0.173 e. The Labute approximate surface area is 88.5 Å². The zero-order chi connectivity index (χ0) is 11.2. The van der Waals surface area contributed by atoms with E-state index in [4.69, 9.17) is 0 Å². The summed E-state index contributed by atoms with van der Waals surface area (Å²) in [6.07, 6.45) is 0.909. The molecule has 0 bridgehead atoms. The van der Waals surface area contributed by atoms with E-state index < -0.39 is 11.6 Å². The summed E-state index contributed by atoms with van der Waals surface area (Å²) in [5.41, 5.74) is 1.62. The highest BCUT2D eigenvalue weighted by Gasteiger charge is 2.57. The fraction of sp³-hybridized carbons (Fsp3) is 0.500. The number of halogens is 1. The first-order valence-electron chi connectivity index (χ1n) is 5.07. The number of aryl methyl sites for hydroxylation is 2. The van der Waals surface area contributed by atoms with Crippen molar-refractivity contribution in [3.8, 4) is 0 Å². The minimum Gasteiger partial charge on any atom is -0.293 e. The van der Waals surface area contributed by atoms with E-state index >= 15 is 0 Å². The number of carbonyl (C=O) groups excluding carboxylic acids is 1. The molecule has 2 atom stereocenters. The number of Topliss-reactive ketones (excluding diaryl/α,β-unsaturated/α-hetero) is 1. The first-order valence-corrected chi connectivity index (χ1v) is 5.07. The summed E-state index contributed by atoms with van der Waals surface area (Å²) in [4.78, 5) is 16.0. The summed E-state index contributed by atoms with van der Waals surface area (Å²) < 4.78 is 13.0. The van der Waals surface area contributed by atoms with Gasteiger partial charge in [-0.15, -0.1) is 0 Å². The van der Waals surface area contributed by atoms with Crippen molar-refractivity contribution < 1.29 is 9.18 Å². The van der Waals surface area contributed by atoms with Crippen LogP contribution in [0.4, 0.5) is 4.39 Å². The Bertz CT molecular complexity index is 430. The summed E-state index contributed by atoms with van der Waals surface area (Å²) in [5.74, 6) is -0.120. The van der Waals surface area contributed by atoms with Gasteiger partial charge in [-0.3, -0.25) is 9.78 Å². The van der Waals surface area contributed by atoms with Crippen molar-refractivity contribution in [1.82, 2.24) is 4.98 Å². The molecule has 1 aliphatic rings.